The SMILES string of the molecule is CC1(F)CCCN(Cc2ccc(C(=O)O)cc2)C1. The summed E-state index contributed by atoms with van der Waals surface area (Å²) in [6.07, 6.45) is 1.50. The molecule has 0 aliphatic carbocycles. The summed E-state index contributed by atoms with van der Waals surface area (Å²) in [5.41, 5.74) is 0.213. The summed E-state index contributed by atoms with van der Waals surface area (Å²) in [4.78, 5) is 12.8. The van der Waals surface area contributed by atoms with E-state index >= 15 is 0 Å². The molecule has 1 aromatic rings. The highest BCUT2D eigenvalue weighted by atomic mass is 19.1. The average Bonchev–Trinajstić information content (AvgIpc) is 2.28. The standard InChI is InChI=1S/C14H18FNO2/c1-14(15)7-2-8-16(10-14)9-11-3-5-12(6-4-11)13(17)18/h3-6H,2,7-10H2,1H3,(H,17,18). The summed E-state index contributed by atoms with van der Waals surface area (Å²) >= 11 is 0. The number of hydrogen-bond donors (Lipinski definition) is 1. The molecule has 4 heteroatoms. The third-order valence-corrected chi connectivity index (χ3v) is 3.33. The summed E-state index contributed by atoms with van der Waals surface area (Å²) in [6.45, 7) is 3.68. The molecular formula is C14H18FNO2. The first-order chi connectivity index (χ1) is 8.46. The molecule has 1 heterocycles. The molecule has 1 aliphatic heterocycles. The van der Waals surface area contributed by atoms with Crippen molar-refractivity contribution in [3.8, 4) is 0 Å². The van der Waals surface area contributed by atoms with Crippen LogP contribution in [-0.4, -0.2) is 34.7 Å². The van der Waals surface area contributed by atoms with Crippen LogP contribution in [0.2, 0.25) is 0 Å². The molecule has 1 saturated heterocycles. The first-order valence-electron chi connectivity index (χ1n) is 6.20. The molecule has 0 saturated carbocycles. The summed E-state index contributed by atoms with van der Waals surface area (Å²) in [6, 6.07) is 6.79. The van der Waals surface area contributed by atoms with Crippen LogP contribution in [0.1, 0.15) is 35.7 Å². The van der Waals surface area contributed by atoms with Crippen molar-refractivity contribution in [1.29, 1.82) is 0 Å². The number of aromatic carboxylic acids is 1. The van der Waals surface area contributed by atoms with Crippen molar-refractivity contribution in [2.24, 2.45) is 0 Å². The molecule has 1 atom stereocenters. The van der Waals surface area contributed by atoms with Crippen molar-refractivity contribution in [2.45, 2.75) is 32.0 Å². The van der Waals surface area contributed by atoms with Crippen molar-refractivity contribution < 1.29 is 14.3 Å². The Morgan fingerprint density at radius 2 is 2.11 bits per heavy atom. The zero-order valence-corrected chi connectivity index (χ0v) is 10.5. The van der Waals surface area contributed by atoms with E-state index in [0.717, 1.165) is 18.5 Å². The van der Waals surface area contributed by atoms with Gasteiger partial charge >= 0.3 is 5.97 Å². The molecule has 98 valence electrons. The van der Waals surface area contributed by atoms with Crippen LogP contribution in [0.5, 0.6) is 0 Å². The summed E-state index contributed by atoms with van der Waals surface area (Å²) < 4.78 is 13.9. The Labute approximate surface area is 106 Å². The van der Waals surface area contributed by atoms with Gasteiger partial charge in [-0.3, -0.25) is 4.90 Å². The molecule has 1 fully saturated rings. The molecule has 1 N–H and O–H groups in total. The number of likely N-dealkylation sites (tertiary alicyclic amines) is 1. The van der Waals surface area contributed by atoms with Gasteiger partial charge in [0.15, 0.2) is 0 Å². The number of carboxylic acid groups (broad SMARTS) is 1. The van der Waals surface area contributed by atoms with Crippen LogP contribution < -0.4 is 0 Å². The van der Waals surface area contributed by atoms with Crippen molar-refractivity contribution in [3.05, 3.63) is 35.4 Å². The molecular weight excluding hydrogens is 233 g/mol. The van der Waals surface area contributed by atoms with Gasteiger partial charge in [-0.05, 0) is 44.0 Å². The number of halogens is 1. The average molecular weight is 251 g/mol. The molecule has 0 spiro atoms. The van der Waals surface area contributed by atoms with E-state index in [1.807, 2.05) is 0 Å². The van der Waals surface area contributed by atoms with Gasteiger partial charge < -0.3 is 5.11 Å². The molecule has 0 radical (unpaired) electrons. The number of alkyl halides is 1. The minimum Gasteiger partial charge on any atom is -0.478 e. The quantitative estimate of drug-likeness (QED) is 0.898. The van der Waals surface area contributed by atoms with E-state index in [1.54, 1.807) is 31.2 Å². The minimum absolute atomic E-state index is 0.285. The Bertz CT molecular complexity index is 428. The van der Waals surface area contributed by atoms with Crippen LogP contribution in [0, 0.1) is 0 Å². The largest absolute Gasteiger partial charge is 0.478 e. The van der Waals surface area contributed by atoms with Gasteiger partial charge in [0, 0.05) is 13.1 Å². The van der Waals surface area contributed by atoms with Crippen LogP contribution in [0.25, 0.3) is 0 Å². The third-order valence-electron chi connectivity index (χ3n) is 3.33. The molecule has 18 heavy (non-hydrogen) atoms. The molecule has 1 aromatic carbocycles. The fraction of sp³-hybridized carbons (Fsp3) is 0.500. The summed E-state index contributed by atoms with van der Waals surface area (Å²) in [5.74, 6) is -0.921. The van der Waals surface area contributed by atoms with Gasteiger partial charge in [-0.1, -0.05) is 12.1 Å². The zero-order valence-electron chi connectivity index (χ0n) is 10.5. The van der Waals surface area contributed by atoms with Gasteiger partial charge in [-0.15, -0.1) is 0 Å². The van der Waals surface area contributed by atoms with Crippen LogP contribution in [0.4, 0.5) is 4.39 Å². The molecule has 2 rings (SSSR count). The fourth-order valence-electron chi connectivity index (χ4n) is 2.44. The van der Waals surface area contributed by atoms with Gasteiger partial charge in [-0.25, -0.2) is 9.18 Å². The van der Waals surface area contributed by atoms with E-state index in [9.17, 15) is 9.18 Å². The van der Waals surface area contributed by atoms with Crippen molar-refractivity contribution in [2.75, 3.05) is 13.1 Å². The maximum atomic E-state index is 13.9. The van der Waals surface area contributed by atoms with Crippen LogP contribution >= 0.6 is 0 Å². The second-order valence-electron chi connectivity index (χ2n) is 5.23. The van der Waals surface area contributed by atoms with E-state index in [1.165, 1.54) is 0 Å². The van der Waals surface area contributed by atoms with Crippen molar-refractivity contribution >= 4 is 5.97 Å². The molecule has 1 unspecified atom stereocenters. The molecule has 3 nitrogen and oxygen atoms in total. The second-order valence-corrected chi connectivity index (χ2v) is 5.23. The van der Waals surface area contributed by atoms with Gasteiger partial charge in [0.05, 0.1) is 5.56 Å². The lowest BCUT2D eigenvalue weighted by Gasteiger charge is -2.35. The predicted molar refractivity (Wildman–Crippen MR) is 67.4 cm³/mol. The van der Waals surface area contributed by atoms with Gasteiger partial charge in [0.25, 0.3) is 0 Å². The van der Waals surface area contributed by atoms with Crippen LogP contribution in [-0.2, 0) is 6.54 Å². The van der Waals surface area contributed by atoms with Crippen LogP contribution in [0.15, 0.2) is 24.3 Å². The Hall–Kier alpha value is -1.42. The lowest BCUT2D eigenvalue weighted by molar-refractivity contribution is 0.0563. The van der Waals surface area contributed by atoms with Crippen molar-refractivity contribution in [3.63, 3.8) is 0 Å². The third kappa shape index (κ3) is 3.29. The smallest absolute Gasteiger partial charge is 0.335 e. The van der Waals surface area contributed by atoms with Gasteiger partial charge in [0.2, 0.25) is 0 Å². The van der Waals surface area contributed by atoms with E-state index in [2.05, 4.69) is 4.90 Å². The lowest BCUT2D eigenvalue weighted by atomic mass is 9.96. The Kier molecular flexibility index (Phi) is 3.66. The van der Waals surface area contributed by atoms with Gasteiger partial charge in [0.1, 0.15) is 5.67 Å². The molecule has 1 aliphatic rings. The number of carbonyl (C=O) groups is 1. The topological polar surface area (TPSA) is 40.5 Å². The molecule has 0 amide bonds. The normalized spacial score (nSPS) is 25.0. The minimum atomic E-state index is -1.10. The molecule has 0 aromatic heterocycles. The van der Waals surface area contributed by atoms with E-state index in [0.29, 0.717) is 19.5 Å². The maximum absolute atomic E-state index is 13.9. The highest BCUT2D eigenvalue weighted by Gasteiger charge is 2.30. The maximum Gasteiger partial charge on any atom is 0.335 e. The fourth-order valence-corrected chi connectivity index (χ4v) is 2.44. The van der Waals surface area contributed by atoms with E-state index < -0.39 is 11.6 Å². The zero-order chi connectivity index (χ0) is 13.2. The number of piperidine rings is 1. The monoisotopic (exact) mass is 251 g/mol. The number of hydrogen-bond acceptors (Lipinski definition) is 2. The first-order valence-corrected chi connectivity index (χ1v) is 6.20. The number of benzene rings is 1. The summed E-state index contributed by atoms with van der Waals surface area (Å²) in [5, 5.41) is 8.81. The van der Waals surface area contributed by atoms with Crippen LogP contribution in [0.3, 0.4) is 0 Å². The Morgan fingerprint density at radius 1 is 1.44 bits per heavy atom. The van der Waals surface area contributed by atoms with Crippen molar-refractivity contribution in [1.82, 2.24) is 4.90 Å². The summed E-state index contributed by atoms with van der Waals surface area (Å²) in [7, 11) is 0. The highest BCUT2D eigenvalue weighted by molar-refractivity contribution is 5.87. The van der Waals surface area contributed by atoms with E-state index in [-0.39, 0.29) is 5.56 Å². The second kappa shape index (κ2) is 5.06. The Balaban J connectivity index is 1.99. The van der Waals surface area contributed by atoms with Gasteiger partial charge in [-0.2, -0.15) is 0 Å². The highest BCUT2D eigenvalue weighted by Crippen LogP contribution is 2.25. The number of rotatable bonds is 3. The predicted octanol–water partition coefficient (Wildman–Crippen LogP) is 2.71. The molecule has 0 bridgehead atoms. The lowest BCUT2D eigenvalue weighted by Crippen LogP contribution is -2.42. The Morgan fingerprint density at radius 3 is 2.67 bits per heavy atom. The number of carboxylic acids is 1. The number of nitrogens with zero attached hydrogens (tertiary/aromatic N) is 1. The first kappa shape index (κ1) is 13.0. The van der Waals surface area contributed by atoms with E-state index in [4.69, 9.17) is 5.11 Å².